The summed E-state index contributed by atoms with van der Waals surface area (Å²) in [4.78, 5) is 10.5. The Morgan fingerprint density at radius 1 is 0.293 bits per heavy atom. The maximum atomic E-state index is 5.29. The van der Waals surface area contributed by atoms with Gasteiger partial charge in [0.05, 0.1) is 33.3 Å². The van der Waals surface area contributed by atoms with Crippen LogP contribution in [0.1, 0.15) is 0 Å². The Bertz CT molecular complexity index is 3550. The van der Waals surface area contributed by atoms with Gasteiger partial charge in [0.25, 0.3) is 0 Å². The summed E-state index contributed by atoms with van der Waals surface area (Å²) >= 11 is 0. The van der Waals surface area contributed by atoms with Gasteiger partial charge in [0.1, 0.15) is 0 Å². The number of benzene rings is 9. The molecule has 0 spiro atoms. The van der Waals surface area contributed by atoms with Gasteiger partial charge in [0.15, 0.2) is 5.82 Å². The van der Waals surface area contributed by atoms with Gasteiger partial charge in [-0.05, 0) is 77.2 Å². The van der Waals surface area contributed by atoms with Gasteiger partial charge < -0.3 is 9.13 Å². The summed E-state index contributed by atoms with van der Waals surface area (Å²) in [5.74, 6) is 0.719. The molecule has 0 aliphatic rings. The Morgan fingerprint density at radius 3 is 1.60 bits per heavy atom. The third kappa shape index (κ3) is 5.02. The molecule has 12 rings (SSSR count). The molecule has 0 amide bonds. The van der Waals surface area contributed by atoms with Gasteiger partial charge in [-0.2, -0.15) is 0 Å². The Kier molecular flexibility index (Phi) is 7.20. The third-order valence-corrected chi connectivity index (χ3v) is 11.7. The topological polar surface area (TPSA) is 35.6 Å². The number of hydrogen-bond acceptors (Lipinski definition) is 2. The summed E-state index contributed by atoms with van der Waals surface area (Å²) in [5, 5.41) is 8.21. The van der Waals surface area contributed by atoms with Crippen LogP contribution in [0.3, 0.4) is 0 Å². The van der Waals surface area contributed by atoms with Crippen molar-refractivity contribution in [3.8, 4) is 45.1 Å². The Hall–Kier alpha value is -7.82. The summed E-state index contributed by atoms with van der Waals surface area (Å²) < 4.78 is 4.79. The highest BCUT2D eigenvalue weighted by molar-refractivity contribution is 6.14. The molecule has 4 nitrogen and oxygen atoms in total. The highest BCUT2D eigenvalue weighted by Gasteiger charge is 2.18. The molecular formula is C54H34N4. The van der Waals surface area contributed by atoms with Crippen LogP contribution < -0.4 is 0 Å². The fraction of sp³-hybridized carbons (Fsp3) is 0. The fourth-order valence-electron chi connectivity index (χ4n) is 9.01. The van der Waals surface area contributed by atoms with Gasteiger partial charge in [-0.1, -0.05) is 146 Å². The van der Waals surface area contributed by atoms with Crippen molar-refractivity contribution in [2.75, 3.05) is 0 Å². The van der Waals surface area contributed by atoms with Crippen molar-refractivity contribution in [1.82, 2.24) is 19.1 Å². The van der Waals surface area contributed by atoms with E-state index in [0.29, 0.717) is 0 Å². The molecule has 0 N–H and O–H groups in total. The first-order valence-corrected chi connectivity index (χ1v) is 19.7. The van der Waals surface area contributed by atoms with Crippen molar-refractivity contribution in [1.29, 1.82) is 0 Å². The lowest BCUT2D eigenvalue weighted by Crippen LogP contribution is -1.97. The van der Waals surface area contributed by atoms with E-state index >= 15 is 0 Å². The maximum absolute atomic E-state index is 5.29. The Morgan fingerprint density at radius 2 is 0.845 bits per heavy atom. The van der Waals surface area contributed by atoms with Gasteiger partial charge in [-0.3, -0.25) is 0 Å². The highest BCUT2D eigenvalue weighted by Crippen LogP contribution is 2.40. The summed E-state index contributed by atoms with van der Waals surface area (Å²) in [6.45, 7) is 0. The van der Waals surface area contributed by atoms with Crippen LogP contribution in [-0.4, -0.2) is 19.1 Å². The lowest BCUT2D eigenvalue weighted by molar-refractivity contribution is 1.18. The van der Waals surface area contributed by atoms with E-state index in [0.717, 1.165) is 61.2 Å². The monoisotopic (exact) mass is 738 g/mol. The first kappa shape index (κ1) is 32.4. The number of aromatic nitrogens is 4. The molecule has 0 radical (unpaired) electrons. The van der Waals surface area contributed by atoms with E-state index in [4.69, 9.17) is 9.97 Å². The zero-order valence-electron chi connectivity index (χ0n) is 31.4. The van der Waals surface area contributed by atoms with Crippen molar-refractivity contribution in [3.63, 3.8) is 0 Å². The van der Waals surface area contributed by atoms with E-state index in [2.05, 4.69) is 191 Å². The molecule has 0 saturated carbocycles. The normalized spacial score (nSPS) is 11.8. The zero-order valence-corrected chi connectivity index (χ0v) is 31.4. The Labute approximate surface area is 334 Å². The molecule has 9 aromatic carbocycles. The fourth-order valence-corrected chi connectivity index (χ4v) is 9.01. The number of nitrogens with zero attached hydrogens (tertiary/aromatic N) is 4. The molecule has 12 aromatic rings. The number of fused-ring (bicyclic) bond motifs is 9. The van der Waals surface area contributed by atoms with Crippen molar-refractivity contribution >= 4 is 65.3 Å². The van der Waals surface area contributed by atoms with E-state index in [1.165, 1.54) is 49.2 Å². The minimum Gasteiger partial charge on any atom is -0.309 e. The van der Waals surface area contributed by atoms with Crippen molar-refractivity contribution < 1.29 is 0 Å². The molecule has 270 valence electrons. The van der Waals surface area contributed by atoms with Crippen LogP contribution in [0.25, 0.3) is 110 Å². The van der Waals surface area contributed by atoms with E-state index in [-0.39, 0.29) is 0 Å². The lowest BCUT2D eigenvalue weighted by atomic mass is 10.0. The van der Waals surface area contributed by atoms with Crippen LogP contribution in [0.5, 0.6) is 0 Å². The third-order valence-electron chi connectivity index (χ3n) is 11.7. The number of para-hydroxylation sites is 3. The second-order valence-corrected chi connectivity index (χ2v) is 15.0. The molecule has 0 aliphatic carbocycles. The van der Waals surface area contributed by atoms with E-state index in [1.807, 2.05) is 24.3 Å². The predicted molar refractivity (Wildman–Crippen MR) is 242 cm³/mol. The molecule has 0 atom stereocenters. The van der Waals surface area contributed by atoms with Crippen LogP contribution in [0.4, 0.5) is 0 Å². The van der Waals surface area contributed by atoms with Gasteiger partial charge in [-0.25, -0.2) is 9.97 Å². The molecule has 0 bridgehead atoms. The SMILES string of the molecule is c1ccc(-c2nc(-c3ccccc3)c3ccc4ccc(-n5c6ccccc6c6cc(-c7ccc8c9ccccc9n(-c9ccccc9)c8c7)ccc65)cc4c3n2)cc1. The Balaban J connectivity index is 1.06. The van der Waals surface area contributed by atoms with Crippen molar-refractivity contribution in [3.05, 3.63) is 206 Å². The van der Waals surface area contributed by atoms with E-state index < -0.39 is 0 Å². The average Bonchev–Trinajstić information content (AvgIpc) is 3.81. The molecule has 0 saturated heterocycles. The molecule has 4 heteroatoms. The minimum absolute atomic E-state index is 0.719. The lowest BCUT2D eigenvalue weighted by Gasteiger charge is -2.14. The average molecular weight is 739 g/mol. The van der Waals surface area contributed by atoms with Crippen LogP contribution in [0.15, 0.2) is 206 Å². The predicted octanol–water partition coefficient (Wildman–Crippen LogP) is 14.0. The van der Waals surface area contributed by atoms with Crippen molar-refractivity contribution in [2.24, 2.45) is 0 Å². The molecule has 0 unspecified atom stereocenters. The van der Waals surface area contributed by atoms with Gasteiger partial charge in [0, 0.05) is 54.8 Å². The standard InChI is InChI=1S/C54H34N4/c1-4-14-36(15-5-1)52-45-30-25-35-24-28-41(34-46(35)53(45)56-54(55-52)37-16-6-2-7-17-37)58-49-23-13-11-21-43(49)47-32-38(27-31-50(47)58)39-26-29-44-42-20-10-12-22-48(42)57(51(44)33-39)40-18-8-3-9-19-40/h1-34H. The van der Waals surface area contributed by atoms with Gasteiger partial charge in [-0.15, -0.1) is 0 Å². The summed E-state index contributed by atoms with van der Waals surface area (Å²) in [6, 6.07) is 73.9. The van der Waals surface area contributed by atoms with E-state index in [9.17, 15) is 0 Å². The van der Waals surface area contributed by atoms with Gasteiger partial charge in [0.2, 0.25) is 0 Å². The first-order valence-electron chi connectivity index (χ1n) is 19.7. The number of rotatable bonds is 5. The molecule has 58 heavy (non-hydrogen) atoms. The molecular weight excluding hydrogens is 705 g/mol. The van der Waals surface area contributed by atoms with Crippen LogP contribution >= 0.6 is 0 Å². The minimum atomic E-state index is 0.719. The van der Waals surface area contributed by atoms with E-state index in [1.54, 1.807) is 0 Å². The second-order valence-electron chi connectivity index (χ2n) is 15.0. The molecule has 0 fully saturated rings. The quantitative estimate of drug-likeness (QED) is 0.165. The van der Waals surface area contributed by atoms with Crippen LogP contribution in [-0.2, 0) is 0 Å². The maximum Gasteiger partial charge on any atom is 0.160 e. The summed E-state index contributed by atoms with van der Waals surface area (Å²) in [6.07, 6.45) is 0. The highest BCUT2D eigenvalue weighted by atomic mass is 15.0. The largest absolute Gasteiger partial charge is 0.309 e. The first-order chi connectivity index (χ1) is 28.8. The molecule has 3 heterocycles. The van der Waals surface area contributed by atoms with Crippen LogP contribution in [0.2, 0.25) is 0 Å². The summed E-state index contributed by atoms with van der Waals surface area (Å²) in [5.41, 5.74) is 13.3. The molecule has 3 aromatic heterocycles. The van der Waals surface area contributed by atoms with Gasteiger partial charge >= 0.3 is 0 Å². The van der Waals surface area contributed by atoms with Crippen LogP contribution in [0, 0.1) is 0 Å². The zero-order chi connectivity index (χ0) is 38.2. The smallest absolute Gasteiger partial charge is 0.160 e. The summed E-state index contributed by atoms with van der Waals surface area (Å²) in [7, 11) is 0. The molecule has 0 aliphatic heterocycles. The second kappa shape index (κ2) is 12.9. The van der Waals surface area contributed by atoms with Crippen molar-refractivity contribution in [2.45, 2.75) is 0 Å². The number of hydrogen-bond donors (Lipinski definition) is 0.